The van der Waals surface area contributed by atoms with E-state index in [1.165, 1.54) is 10.7 Å². The highest BCUT2D eigenvalue weighted by Crippen LogP contribution is 2.40. The normalized spacial score (nSPS) is 18.3. The maximum Gasteiger partial charge on any atom is 0.175 e. The molecule has 1 atom stereocenters. The number of rotatable bonds is 4. The van der Waals surface area contributed by atoms with Gasteiger partial charge in [-0.1, -0.05) is 23.9 Å². The Balaban J connectivity index is 1.39. The fraction of sp³-hybridized carbons (Fsp3) is 0.263. The molecule has 0 radical (unpaired) electrons. The van der Waals surface area contributed by atoms with Crippen LogP contribution in [0, 0.1) is 0 Å². The Morgan fingerprint density at radius 3 is 2.77 bits per heavy atom. The third-order valence-corrected chi connectivity index (χ3v) is 5.89. The van der Waals surface area contributed by atoms with Crippen LogP contribution in [-0.2, 0) is 0 Å². The van der Waals surface area contributed by atoms with E-state index in [0.717, 1.165) is 36.8 Å². The molecule has 26 heavy (non-hydrogen) atoms. The summed E-state index contributed by atoms with van der Waals surface area (Å²) in [5.41, 5.74) is 3.21. The molecular formula is C19H20N4OS2. The van der Waals surface area contributed by atoms with Crippen LogP contribution in [-0.4, -0.2) is 41.9 Å². The largest absolute Gasteiger partial charge is 0.497 e. The van der Waals surface area contributed by atoms with E-state index in [2.05, 4.69) is 38.7 Å². The molecule has 2 aliphatic rings. The summed E-state index contributed by atoms with van der Waals surface area (Å²) in [6, 6.07) is 16.1. The van der Waals surface area contributed by atoms with Gasteiger partial charge >= 0.3 is 0 Å². The van der Waals surface area contributed by atoms with Crippen LogP contribution in [0.2, 0.25) is 0 Å². The number of thioether (sulfide) groups is 1. The van der Waals surface area contributed by atoms with Crippen molar-refractivity contribution in [1.82, 2.24) is 4.90 Å². The van der Waals surface area contributed by atoms with Crippen LogP contribution in [0.15, 0.2) is 53.5 Å². The van der Waals surface area contributed by atoms with Crippen LogP contribution in [0.25, 0.3) is 0 Å². The first-order valence-electron chi connectivity index (χ1n) is 8.49. The fourth-order valence-corrected chi connectivity index (χ4v) is 4.57. The van der Waals surface area contributed by atoms with Crippen molar-refractivity contribution in [3.8, 4) is 5.75 Å². The number of nitrogens with one attached hydrogen (secondary N) is 2. The monoisotopic (exact) mass is 384 g/mol. The summed E-state index contributed by atoms with van der Waals surface area (Å²) in [5, 5.41) is 8.65. The molecule has 5 nitrogen and oxygen atoms in total. The predicted molar refractivity (Wildman–Crippen MR) is 113 cm³/mol. The van der Waals surface area contributed by atoms with Gasteiger partial charge in [-0.25, -0.2) is 0 Å². The summed E-state index contributed by atoms with van der Waals surface area (Å²) in [5.74, 6) is 0.821. The molecule has 0 spiro atoms. The van der Waals surface area contributed by atoms with Crippen LogP contribution >= 0.6 is 24.0 Å². The molecule has 0 saturated carbocycles. The van der Waals surface area contributed by atoms with Crippen molar-refractivity contribution in [1.29, 1.82) is 0 Å². The number of hydrogen-bond donors (Lipinski definition) is 2. The van der Waals surface area contributed by atoms with Gasteiger partial charge in [0.1, 0.15) is 5.75 Å². The second-order valence-corrected chi connectivity index (χ2v) is 7.73. The summed E-state index contributed by atoms with van der Waals surface area (Å²) in [4.78, 5) is 6.92. The van der Waals surface area contributed by atoms with Crippen molar-refractivity contribution in [2.24, 2.45) is 4.99 Å². The number of aliphatic imine (C=N–C) groups is 1. The van der Waals surface area contributed by atoms with E-state index >= 15 is 0 Å². The average molecular weight is 385 g/mol. The quantitative estimate of drug-likeness (QED) is 0.778. The van der Waals surface area contributed by atoms with Crippen molar-refractivity contribution < 1.29 is 4.74 Å². The smallest absolute Gasteiger partial charge is 0.175 e. The van der Waals surface area contributed by atoms with Crippen LogP contribution in [0.5, 0.6) is 5.75 Å². The molecule has 0 aromatic heterocycles. The van der Waals surface area contributed by atoms with E-state index in [-0.39, 0.29) is 0 Å². The molecule has 2 aromatic rings. The lowest BCUT2D eigenvalue weighted by Gasteiger charge is -2.14. The van der Waals surface area contributed by atoms with E-state index in [1.54, 1.807) is 7.11 Å². The number of nitrogens with zero attached hydrogens (tertiary/aromatic N) is 2. The zero-order chi connectivity index (χ0) is 17.9. The molecule has 1 saturated heterocycles. The zero-order valence-corrected chi connectivity index (χ0v) is 16.1. The maximum absolute atomic E-state index is 5.44. The number of amidine groups is 1. The molecule has 0 amide bonds. The van der Waals surface area contributed by atoms with Gasteiger partial charge in [0, 0.05) is 24.5 Å². The molecule has 1 unspecified atom stereocenters. The van der Waals surface area contributed by atoms with Gasteiger partial charge in [-0.2, -0.15) is 0 Å². The molecule has 2 aromatic carbocycles. The number of thiocarbonyl (C=S) groups is 1. The van der Waals surface area contributed by atoms with E-state index in [1.807, 2.05) is 42.1 Å². The maximum atomic E-state index is 5.44. The van der Waals surface area contributed by atoms with Crippen molar-refractivity contribution in [3.63, 3.8) is 0 Å². The highest BCUT2D eigenvalue weighted by Gasteiger charge is 2.32. The number of methoxy groups -OCH3 is 1. The first-order valence-corrected chi connectivity index (χ1v) is 9.78. The molecule has 4 rings (SSSR count). The molecule has 1 fully saturated rings. The lowest BCUT2D eigenvalue weighted by atomic mass is 10.1. The first-order chi connectivity index (χ1) is 12.7. The average Bonchev–Trinajstić information content (AvgIpc) is 3.24. The molecule has 134 valence electrons. The lowest BCUT2D eigenvalue weighted by Crippen LogP contribution is -2.21. The van der Waals surface area contributed by atoms with Gasteiger partial charge in [0.05, 0.1) is 18.9 Å². The van der Waals surface area contributed by atoms with Crippen LogP contribution in [0.4, 0.5) is 11.4 Å². The SMILES string of the molecule is COc1ccc(NC(=S)Nc2cccc(C3CN4CCN=C4S3)c2)cc1. The fourth-order valence-electron chi connectivity index (χ4n) is 3.07. The number of ether oxygens (including phenoxy) is 1. The van der Waals surface area contributed by atoms with E-state index in [0.29, 0.717) is 10.4 Å². The topological polar surface area (TPSA) is 48.9 Å². The van der Waals surface area contributed by atoms with E-state index < -0.39 is 0 Å². The van der Waals surface area contributed by atoms with Gasteiger partial charge in [0.25, 0.3) is 0 Å². The molecule has 0 aliphatic carbocycles. The number of fused-ring (bicyclic) bond motifs is 1. The molecular weight excluding hydrogens is 364 g/mol. The number of benzene rings is 2. The van der Waals surface area contributed by atoms with Crippen LogP contribution in [0.1, 0.15) is 10.8 Å². The molecule has 2 aliphatic heterocycles. The molecule has 2 heterocycles. The standard InChI is InChI=1S/C19H20N4OS2/c1-24-16-7-5-14(6-8-16)21-18(25)22-15-4-2-3-13(11-15)17-12-23-10-9-20-19(23)26-17/h2-8,11,17H,9-10,12H2,1H3,(H2,21,22,25). The molecule has 0 bridgehead atoms. The lowest BCUT2D eigenvalue weighted by molar-refractivity contribution is 0.415. The highest BCUT2D eigenvalue weighted by atomic mass is 32.2. The minimum absolute atomic E-state index is 0.430. The summed E-state index contributed by atoms with van der Waals surface area (Å²) in [6.07, 6.45) is 0. The van der Waals surface area contributed by atoms with Crippen molar-refractivity contribution >= 4 is 45.6 Å². The summed E-state index contributed by atoms with van der Waals surface area (Å²) >= 11 is 7.29. The minimum atomic E-state index is 0.430. The predicted octanol–water partition coefficient (Wildman–Crippen LogP) is 3.96. The Labute approximate surface area is 162 Å². The summed E-state index contributed by atoms with van der Waals surface area (Å²) in [6.45, 7) is 3.01. The van der Waals surface area contributed by atoms with Crippen molar-refractivity contribution in [2.45, 2.75) is 5.25 Å². The third kappa shape index (κ3) is 3.78. The number of hydrogen-bond acceptors (Lipinski definition) is 5. The molecule has 7 heteroatoms. The Hall–Kier alpha value is -2.25. The van der Waals surface area contributed by atoms with Crippen LogP contribution < -0.4 is 15.4 Å². The Morgan fingerprint density at radius 1 is 1.19 bits per heavy atom. The zero-order valence-electron chi connectivity index (χ0n) is 14.4. The Bertz CT molecular complexity index is 838. The first kappa shape index (κ1) is 17.2. The van der Waals surface area contributed by atoms with Gasteiger partial charge in [-0.15, -0.1) is 0 Å². The minimum Gasteiger partial charge on any atom is -0.497 e. The highest BCUT2D eigenvalue weighted by molar-refractivity contribution is 8.14. The van der Waals surface area contributed by atoms with Gasteiger partial charge < -0.3 is 20.3 Å². The van der Waals surface area contributed by atoms with Crippen LogP contribution in [0.3, 0.4) is 0 Å². The summed E-state index contributed by atoms with van der Waals surface area (Å²) < 4.78 is 5.17. The third-order valence-electron chi connectivity index (χ3n) is 4.39. The van der Waals surface area contributed by atoms with Crippen molar-refractivity contribution in [2.75, 3.05) is 37.4 Å². The second-order valence-electron chi connectivity index (χ2n) is 6.15. The summed E-state index contributed by atoms with van der Waals surface area (Å²) in [7, 11) is 1.65. The van der Waals surface area contributed by atoms with Gasteiger partial charge in [-0.3, -0.25) is 4.99 Å². The van der Waals surface area contributed by atoms with Gasteiger partial charge in [-0.05, 0) is 54.2 Å². The Morgan fingerprint density at radius 2 is 2.00 bits per heavy atom. The Kier molecular flexibility index (Phi) is 4.99. The van der Waals surface area contributed by atoms with E-state index in [4.69, 9.17) is 17.0 Å². The van der Waals surface area contributed by atoms with Gasteiger partial charge in [0.15, 0.2) is 10.3 Å². The van der Waals surface area contributed by atoms with Gasteiger partial charge in [0.2, 0.25) is 0 Å². The number of anilines is 2. The van der Waals surface area contributed by atoms with E-state index in [9.17, 15) is 0 Å². The van der Waals surface area contributed by atoms with Crippen molar-refractivity contribution in [3.05, 3.63) is 54.1 Å². The molecule has 2 N–H and O–H groups in total. The second kappa shape index (κ2) is 7.55.